The van der Waals surface area contributed by atoms with Crippen LogP contribution in [0.15, 0.2) is 67.1 Å². The zero-order valence-corrected chi connectivity index (χ0v) is 31.9. The van der Waals surface area contributed by atoms with Gasteiger partial charge in [0.05, 0.1) is 25.7 Å². The Hall–Kier alpha value is -0.765. The number of nitrogens with zero attached hydrogens (tertiary/aromatic N) is 4. The van der Waals surface area contributed by atoms with E-state index in [2.05, 4.69) is 87.7 Å². The third-order valence-corrected chi connectivity index (χ3v) is 4.90. The Morgan fingerprint density at radius 1 is 0.881 bits per heavy atom. The molecule has 2 heterocycles. The van der Waals surface area contributed by atoms with Crippen molar-refractivity contribution in [2.75, 3.05) is 13.9 Å². The SMILES string of the molecule is C.CI.ICI.O=[N+]([O-])/C=C/c1cnc(-c2ccc(Cl)cc2)[nH]1.O=[N+]([O-])CCc1cnc(-c2ccc(Cl)cc2)[nH]1.[B].[H-].[Na+]. The summed E-state index contributed by atoms with van der Waals surface area (Å²) in [6.07, 6.45) is 5.72. The van der Waals surface area contributed by atoms with Gasteiger partial charge in [0, 0.05) is 52.5 Å². The molecule has 0 spiro atoms. The molecule has 3 radical (unpaired) electrons. The summed E-state index contributed by atoms with van der Waals surface area (Å²) in [5.74, 6) is 1.34. The Labute approximate surface area is 321 Å². The molecule has 0 unspecified atom stereocenters. The topological polar surface area (TPSA) is 144 Å². The Morgan fingerprint density at radius 2 is 1.31 bits per heavy atom. The third kappa shape index (κ3) is 18.8. The molecule has 0 atom stereocenters. The number of aromatic nitrogens is 4. The van der Waals surface area contributed by atoms with Gasteiger partial charge in [-0.05, 0) is 53.5 Å². The monoisotopic (exact) mass is 961 g/mol. The van der Waals surface area contributed by atoms with Crippen LogP contribution in [-0.2, 0) is 6.42 Å². The van der Waals surface area contributed by atoms with Crippen molar-refractivity contribution in [3.63, 3.8) is 0 Å². The maximum absolute atomic E-state index is 10.2. The summed E-state index contributed by atoms with van der Waals surface area (Å²) >= 11 is 18.3. The van der Waals surface area contributed by atoms with Gasteiger partial charge in [-0.3, -0.25) is 20.2 Å². The molecule has 2 aromatic heterocycles. The van der Waals surface area contributed by atoms with Crippen molar-refractivity contribution in [2.45, 2.75) is 13.8 Å². The van der Waals surface area contributed by atoms with Gasteiger partial charge in [-0.15, -0.1) is 0 Å². The first-order valence-corrected chi connectivity index (χ1v) is 16.7. The summed E-state index contributed by atoms with van der Waals surface area (Å²) in [5.41, 5.74) is 3.11. The molecule has 17 heteroatoms. The van der Waals surface area contributed by atoms with E-state index in [9.17, 15) is 20.2 Å². The molecule has 2 aromatic carbocycles. The minimum absolute atomic E-state index is 0. The van der Waals surface area contributed by atoms with Crippen LogP contribution in [0.4, 0.5) is 0 Å². The van der Waals surface area contributed by atoms with Gasteiger partial charge in [-0.1, -0.05) is 98.4 Å². The van der Waals surface area contributed by atoms with Gasteiger partial charge in [0.15, 0.2) is 0 Å². The predicted molar refractivity (Wildman–Crippen MR) is 196 cm³/mol. The van der Waals surface area contributed by atoms with E-state index in [0.29, 0.717) is 33.8 Å². The molecule has 2 N–H and O–H groups in total. The molecule has 4 aromatic rings. The van der Waals surface area contributed by atoms with Crippen LogP contribution in [-0.4, -0.2) is 52.1 Å². The molecule has 221 valence electrons. The third-order valence-electron chi connectivity index (χ3n) is 4.40. The molecule has 0 fully saturated rings. The van der Waals surface area contributed by atoms with Crippen molar-refractivity contribution in [3.05, 3.63) is 109 Å². The Morgan fingerprint density at radius 3 is 1.74 bits per heavy atom. The summed E-state index contributed by atoms with van der Waals surface area (Å²) in [4.78, 5) is 35.8. The van der Waals surface area contributed by atoms with Crippen molar-refractivity contribution in [1.82, 2.24) is 19.9 Å². The second-order valence-corrected chi connectivity index (χ2v) is 12.3. The van der Waals surface area contributed by atoms with Crippen LogP contribution in [0, 0.1) is 20.2 Å². The number of rotatable bonds is 7. The molecular formula is C25H28BCl2I3N6NaO4. The number of benzene rings is 2. The summed E-state index contributed by atoms with van der Waals surface area (Å²) in [5, 5.41) is 21.7. The van der Waals surface area contributed by atoms with Crippen LogP contribution in [0.3, 0.4) is 0 Å². The number of H-pyrrole nitrogens is 2. The molecule has 0 aliphatic carbocycles. The van der Waals surface area contributed by atoms with Crippen LogP contribution in [0.2, 0.25) is 10.0 Å². The first-order valence-electron chi connectivity index (χ1n) is 10.8. The first kappa shape index (κ1) is 45.7. The zero-order chi connectivity index (χ0) is 29.2. The van der Waals surface area contributed by atoms with E-state index < -0.39 is 4.92 Å². The van der Waals surface area contributed by atoms with E-state index in [1.54, 1.807) is 30.5 Å². The predicted octanol–water partition coefficient (Wildman–Crippen LogP) is 5.76. The average molecular weight is 962 g/mol. The Kier molecular flexibility index (Phi) is 28.9. The van der Waals surface area contributed by atoms with Crippen molar-refractivity contribution < 1.29 is 40.8 Å². The second-order valence-electron chi connectivity index (χ2n) is 6.97. The summed E-state index contributed by atoms with van der Waals surface area (Å²) in [6, 6.07) is 14.4. The fraction of sp³-hybridized carbons (Fsp3) is 0.200. The minimum Gasteiger partial charge on any atom is -1.00 e. The number of halogens is 5. The number of hydrogen-bond acceptors (Lipinski definition) is 6. The van der Waals surface area contributed by atoms with Crippen molar-refractivity contribution in [2.24, 2.45) is 0 Å². The fourth-order valence-electron chi connectivity index (χ4n) is 2.77. The normalized spacial score (nSPS) is 9.19. The van der Waals surface area contributed by atoms with E-state index >= 15 is 0 Å². The number of imidazole rings is 2. The first-order chi connectivity index (χ1) is 18.7. The Bertz CT molecular complexity index is 1340. The van der Waals surface area contributed by atoms with Gasteiger partial charge in [-0.2, -0.15) is 0 Å². The molecule has 0 bridgehead atoms. The molecular weight excluding hydrogens is 934 g/mol. The molecule has 0 aliphatic rings. The van der Waals surface area contributed by atoms with Gasteiger partial charge in [0.1, 0.15) is 11.6 Å². The van der Waals surface area contributed by atoms with Gasteiger partial charge >= 0.3 is 29.6 Å². The minimum atomic E-state index is -0.525. The molecule has 42 heavy (non-hydrogen) atoms. The molecule has 4 rings (SSSR count). The quantitative estimate of drug-likeness (QED) is 0.0793. The van der Waals surface area contributed by atoms with Gasteiger partial charge in [0.2, 0.25) is 12.7 Å². The molecule has 0 saturated heterocycles. The van der Waals surface area contributed by atoms with E-state index in [1.807, 2.05) is 29.2 Å². The van der Waals surface area contributed by atoms with E-state index in [-0.39, 0.29) is 58.3 Å². The van der Waals surface area contributed by atoms with E-state index in [0.717, 1.165) is 23.0 Å². The maximum atomic E-state index is 10.2. The van der Waals surface area contributed by atoms with Crippen LogP contribution >= 0.6 is 91.0 Å². The Balaban J connectivity index is -0.000000285. The van der Waals surface area contributed by atoms with Gasteiger partial charge < -0.3 is 11.4 Å². The van der Waals surface area contributed by atoms with Crippen LogP contribution < -0.4 is 29.6 Å². The summed E-state index contributed by atoms with van der Waals surface area (Å²) in [6.45, 7) is -0.0950. The molecule has 10 nitrogen and oxygen atoms in total. The van der Waals surface area contributed by atoms with Crippen LogP contribution in [0.25, 0.3) is 28.9 Å². The largest absolute Gasteiger partial charge is 1.00 e. The number of nitrogens with one attached hydrogen (secondary N) is 2. The van der Waals surface area contributed by atoms with Crippen molar-refractivity contribution in [3.8, 4) is 22.8 Å². The smallest absolute Gasteiger partial charge is 1.00 e. The van der Waals surface area contributed by atoms with Crippen molar-refractivity contribution >= 4 is 105 Å². The number of aromatic amines is 2. The maximum Gasteiger partial charge on any atom is 1.00 e. The van der Waals surface area contributed by atoms with Gasteiger partial charge in [-0.25, -0.2) is 9.97 Å². The standard InChI is InChI=1S/C11H10ClN3O2.C11H8ClN3O2.CH2I2.CH3I.CH4.B.Na.H/c2*12-9-3-1-8(2-4-9)11-13-7-10(14-11)5-6-15(16)17;2-1-3;1-2;;;;/h1-4,7H,5-6H2,(H,13,14);1-7H,(H,13,14);1H2;1H3;1H4;;;/q;;;;;;+1;-1/b;6-5+;;;;;;. The fourth-order valence-corrected chi connectivity index (χ4v) is 3.02. The van der Waals surface area contributed by atoms with E-state index in [4.69, 9.17) is 23.2 Å². The van der Waals surface area contributed by atoms with Gasteiger partial charge in [0.25, 0.3) is 0 Å². The van der Waals surface area contributed by atoms with Crippen LogP contribution in [0.5, 0.6) is 0 Å². The van der Waals surface area contributed by atoms with Crippen LogP contribution in [0.1, 0.15) is 20.2 Å². The number of hydrogen-bond donors (Lipinski definition) is 2. The number of nitro groups is 2. The second kappa shape index (κ2) is 26.6. The molecule has 0 amide bonds. The van der Waals surface area contributed by atoms with Crippen molar-refractivity contribution in [1.29, 1.82) is 0 Å². The zero-order valence-electron chi connectivity index (χ0n) is 22.9. The summed E-state index contributed by atoms with van der Waals surface area (Å²) in [7, 11) is 0. The molecule has 0 saturated carbocycles. The van der Waals surface area contributed by atoms with E-state index in [1.165, 1.54) is 14.7 Å². The average Bonchev–Trinajstić information content (AvgIpc) is 3.59. The summed E-state index contributed by atoms with van der Waals surface area (Å²) < 4.78 is 1.19. The molecule has 0 aliphatic heterocycles. The number of alkyl halides is 3.